The molecule has 1 aromatic carbocycles. The van der Waals surface area contributed by atoms with Crippen molar-refractivity contribution in [2.45, 2.75) is 19.4 Å². The largest absolute Gasteiger partial charge is 0.456 e. The van der Waals surface area contributed by atoms with Crippen molar-refractivity contribution in [3.63, 3.8) is 0 Å². The van der Waals surface area contributed by atoms with Crippen LogP contribution in [0.4, 0.5) is 8.78 Å². The Balaban J connectivity index is 2.12. The highest BCUT2D eigenvalue weighted by atomic mass is 19.2. The summed E-state index contributed by atoms with van der Waals surface area (Å²) in [4.78, 5) is 4.04. The van der Waals surface area contributed by atoms with E-state index in [4.69, 9.17) is 4.74 Å². The molecule has 3 nitrogen and oxygen atoms in total. The summed E-state index contributed by atoms with van der Waals surface area (Å²) in [5.74, 6) is -1.32. The standard InChI is InChI=1S/C14H13F2NO2/c1-2-14(18)13-6-4-10(8-17-13)19-9-3-5-11(15)12(16)7-9/h3-8,14,18H,2H2,1H3/t14-/m1/s1. The molecule has 0 bridgehead atoms. The minimum absolute atomic E-state index is 0.185. The predicted octanol–water partition coefficient (Wildman–Crippen LogP) is 3.60. The van der Waals surface area contributed by atoms with Gasteiger partial charge in [-0.1, -0.05) is 6.92 Å². The van der Waals surface area contributed by atoms with Crippen LogP contribution in [0, 0.1) is 11.6 Å². The first kappa shape index (κ1) is 13.4. The molecule has 0 aliphatic rings. The van der Waals surface area contributed by atoms with Crippen LogP contribution in [0.25, 0.3) is 0 Å². The quantitative estimate of drug-likeness (QED) is 0.918. The van der Waals surface area contributed by atoms with E-state index >= 15 is 0 Å². The summed E-state index contributed by atoms with van der Waals surface area (Å²) < 4.78 is 31.1. The summed E-state index contributed by atoms with van der Waals surface area (Å²) in [6.07, 6.45) is 1.38. The van der Waals surface area contributed by atoms with E-state index in [1.165, 1.54) is 12.3 Å². The van der Waals surface area contributed by atoms with Crippen molar-refractivity contribution in [2.24, 2.45) is 0 Å². The molecule has 0 aliphatic carbocycles. The monoisotopic (exact) mass is 265 g/mol. The van der Waals surface area contributed by atoms with Crippen molar-refractivity contribution in [3.8, 4) is 11.5 Å². The van der Waals surface area contributed by atoms with E-state index < -0.39 is 17.7 Å². The van der Waals surface area contributed by atoms with Crippen LogP contribution in [0.2, 0.25) is 0 Å². The molecular formula is C14H13F2NO2. The number of aliphatic hydroxyl groups excluding tert-OH is 1. The van der Waals surface area contributed by atoms with Gasteiger partial charge < -0.3 is 9.84 Å². The zero-order valence-electron chi connectivity index (χ0n) is 10.3. The Morgan fingerprint density at radius 1 is 1.16 bits per heavy atom. The first-order valence-electron chi connectivity index (χ1n) is 5.87. The highest BCUT2D eigenvalue weighted by molar-refractivity contribution is 5.30. The second-order valence-corrected chi connectivity index (χ2v) is 4.02. The van der Waals surface area contributed by atoms with Gasteiger partial charge in [-0.15, -0.1) is 0 Å². The van der Waals surface area contributed by atoms with Gasteiger partial charge >= 0.3 is 0 Å². The third kappa shape index (κ3) is 3.26. The number of benzene rings is 1. The highest BCUT2D eigenvalue weighted by Crippen LogP contribution is 2.23. The lowest BCUT2D eigenvalue weighted by atomic mass is 10.2. The summed E-state index contributed by atoms with van der Waals surface area (Å²) in [5, 5.41) is 9.58. The Hall–Kier alpha value is -2.01. The Labute approximate surface area is 109 Å². The molecule has 0 amide bonds. The molecule has 0 unspecified atom stereocenters. The van der Waals surface area contributed by atoms with Gasteiger partial charge in [-0.3, -0.25) is 4.98 Å². The van der Waals surface area contributed by atoms with Crippen LogP contribution in [-0.4, -0.2) is 10.1 Å². The first-order chi connectivity index (χ1) is 9.10. The lowest BCUT2D eigenvalue weighted by Crippen LogP contribution is -1.98. The molecule has 0 spiro atoms. The summed E-state index contributed by atoms with van der Waals surface area (Å²) in [6, 6.07) is 6.52. The molecule has 5 heteroatoms. The van der Waals surface area contributed by atoms with E-state index in [0.29, 0.717) is 17.9 Å². The van der Waals surface area contributed by atoms with Crippen LogP contribution in [0.5, 0.6) is 11.5 Å². The van der Waals surface area contributed by atoms with E-state index in [9.17, 15) is 13.9 Å². The van der Waals surface area contributed by atoms with Crippen LogP contribution in [0.3, 0.4) is 0 Å². The van der Waals surface area contributed by atoms with Crippen LogP contribution in [-0.2, 0) is 0 Å². The average molecular weight is 265 g/mol. The second kappa shape index (κ2) is 5.75. The van der Waals surface area contributed by atoms with Crippen LogP contribution < -0.4 is 4.74 Å². The fraction of sp³-hybridized carbons (Fsp3) is 0.214. The Bertz CT molecular complexity index is 558. The van der Waals surface area contributed by atoms with E-state index in [0.717, 1.165) is 12.1 Å². The molecule has 19 heavy (non-hydrogen) atoms. The van der Waals surface area contributed by atoms with E-state index in [1.54, 1.807) is 12.1 Å². The third-order valence-corrected chi connectivity index (χ3v) is 2.61. The molecule has 0 saturated carbocycles. The Morgan fingerprint density at radius 3 is 2.47 bits per heavy atom. The van der Waals surface area contributed by atoms with E-state index in [1.807, 2.05) is 6.92 Å². The molecule has 1 N–H and O–H groups in total. The highest BCUT2D eigenvalue weighted by Gasteiger charge is 2.07. The number of halogens is 2. The number of aromatic nitrogens is 1. The van der Waals surface area contributed by atoms with Gasteiger partial charge in [0.1, 0.15) is 11.5 Å². The zero-order chi connectivity index (χ0) is 13.8. The minimum atomic E-state index is -0.969. The summed E-state index contributed by atoms with van der Waals surface area (Å²) in [5.41, 5.74) is 0.542. The van der Waals surface area contributed by atoms with Gasteiger partial charge in [0.2, 0.25) is 0 Å². The number of ether oxygens (including phenoxy) is 1. The summed E-state index contributed by atoms with van der Waals surface area (Å²) >= 11 is 0. The average Bonchev–Trinajstić information content (AvgIpc) is 2.43. The molecule has 1 heterocycles. The Morgan fingerprint density at radius 2 is 1.89 bits per heavy atom. The number of pyridine rings is 1. The molecular weight excluding hydrogens is 252 g/mol. The molecule has 100 valence electrons. The van der Waals surface area contributed by atoms with Crippen molar-refractivity contribution in [1.29, 1.82) is 0 Å². The molecule has 0 saturated heterocycles. The fourth-order valence-corrected chi connectivity index (χ4v) is 1.53. The number of hydrogen-bond acceptors (Lipinski definition) is 3. The fourth-order valence-electron chi connectivity index (χ4n) is 1.53. The van der Waals surface area contributed by atoms with Crippen molar-refractivity contribution in [2.75, 3.05) is 0 Å². The van der Waals surface area contributed by atoms with Gasteiger partial charge in [0.05, 0.1) is 18.0 Å². The maximum absolute atomic E-state index is 13.0. The van der Waals surface area contributed by atoms with Crippen molar-refractivity contribution < 1.29 is 18.6 Å². The topological polar surface area (TPSA) is 42.4 Å². The zero-order valence-corrected chi connectivity index (χ0v) is 10.3. The van der Waals surface area contributed by atoms with Crippen LogP contribution >= 0.6 is 0 Å². The lowest BCUT2D eigenvalue weighted by molar-refractivity contribution is 0.169. The molecule has 1 aromatic heterocycles. The van der Waals surface area contributed by atoms with Crippen LogP contribution in [0.15, 0.2) is 36.5 Å². The molecule has 2 rings (SSSR count). The Kier molecular flexibility index (Phi) is 4.06. The number of rotatable bonds is 4. The number of hydrogen-bond donors (Lipinski definition) is 1. The van der Waals surface area contributed by atoms with Gasteiger partial charge in [0.15, 0.2) is 11.6 Å². The minimum Gasteiger partial charge on any atom is -0.456 e. The molecule has 0 aliphatic heterocycles. The van der Waals surface area contributed by atoms with Crippen molar-refractivity contribution in [3.05, 3.63) is 53.9 Å². The molecule has 1 atom stereocenters. The summed E-state index contributed by atoms with van der Waals surface area (Å²) in [6.45, 7) is 1.85. The maximum Gasteiger partial charge on any atom is 0.162 e. The normalized spacial score (nSPS) is 12.2. The van der Waals surface area contributed by atoms with Gasteiger partial charge in [-0.05, 0) is 30.7 Å². The molecule has 0 radical (unpaired) electrons. The second-order valence-electron chi connectivity index (χ2n) is 4.02. The number of aliphatic hydroxyl groups is 1. The SMILES string of the molecule is CC[C@@H](O)c1ccc(Oc2ccc(F)c(F)c2)cn1. The summed E-state index contributed by atoms with van der Waals surface area (Å²) in [7, 11) is 0. The van der Waals surface area contributed by atoms with Gasteiger partial charge in [-0.2, -0.15) is 0 Å². The van der Waals surface area contributed by atoms with E-state index in [2.05, 4.69) is 4.98 Å². The third-order valence-electron chi connectivity index (χ3n) is 2.61. The predicted molar refractivity (Wildman–Crippen MR) is 65.9 cm³/mol. The van der Waals surface area contributed by atoms with Gasteiger partial charge in [0, 0.05) is 6.07 Å². The van der Waals surface area contributed by atoms with Gasteiger partial charge in [0.25, 0.3) is 0 Å². The lowest BCUT2D eigenvalue weighted by Gasteiger charge is -2.09. The smallest absolute Gasteiger partial charge is 0.162 e. The number of nitrogens with zero attached hydrogens (tertiary/aromatic N) is 1. The van der Waals surface area contributed by atoms with Crippen molar-refractivity contribution >= 4 is 0 Å². The maximum atomic E-state index is 13.0. The van der Waals surface area contributed by atoms with Crippen LogP contribution in [0.1, 0.15) is 25.1 Å². The molecule has 2 aromatic rings. The van der Waals surface area contributed by atoms with Gasteiger partial charge in [-0.25, -0.2) is 8.78 Å². The van der Waals surface area contributed by atoms with E-state index in [-0.39, 0.29) is 5.75 Å². The first-order valence-corrected chi connectivity index (χ1v) is 5.87. The van der Waals surface area contributed by atoms with Crippen molar-refractivity contribution in [1.82, 2.24) is 4.98 Å². The molecule has 0 fully saturated rings.